The van der Waals surface area contributed by atoms with Crippen molar-refractivity contribution in [3.8, 4) is 5.75 Å². The normalized spacial score (nSPS) is 10.4. The molecule has 2 amide bonds. The van der Waals surface area contributed by atoms with Gasteiger partial charge < -0.3 is 15.4 Å². The Morgan fingerprint density at radius 1 is 1.03 bits per heavy atom. The lowest BCUT2D eigenvalue weighted by Crippen LogP contribution is -2.33. The number of hydrogen-bond acceptors (Lipinski definition) is 3. The van der Waals surface area contributed by atoms with Gasteiger partial charge in [-0.1, -0.05) is 40.2 Å². The second-order valence-corrected chi connectivity index (χ2v) is 7.52. The third kappa shape index (κ3) is 5.90. The molecule has 0 aliphatic carbocycles. The van der Waals surface area contributed by atoms with Crippen molar-refractivity contribution >= 4 is 33.4 Å². The zero-order valence-electron chi connectivity index (χ0n) is 16.2. The van der Waals surface area contributed by atoms with E-state index < -0.39 is 5.91 Å². The minimum Gasteiger partial charge on any atom is -0.488 e. The predicted octanol–water partition coefficient (Wildman–Crippen LogP) is 4.84. The van der Waals surface area contributed by atoms with Crippen LogP contribution in [0.2, 0.25) is 0 Å². The van der Waals surface area contributed by atoms with Gasteiger partial charge in [0.15, 0.2) is 0 Å². The summed E-state index contributed by atoms with van der Waals surface area (Å²) < 4.78 is 19.7. The SMILES string of the molecule is Cc1cc(Br)ccc1NC(=O)CNC(=O)c1ccccc1OCc1ccc(F)cc1. The summed E-state index contributed by atoms with van der Waals surface area (Å²) in [5.41, 5.74) is 2.67. The van der Waals surface area contributed by atoms with Crippen molar-refractivity contribution in [1.82, 2.24) is 5.32 Å². The van der Waals surface area contributed by atoms with Crippen molar-refractivity contribution < 1.29 is 18.7 Å². The minimum absolute atomic E-state index is 0.180. The standard InChI is InChI=1S/C23H20BrFN2O3/c1-15-12-17(24)8-11-20(15)27-22(28)13-26-23(29)19-4-2-3-5-21(19)30-14-16-6-9-18(25)10-7-16/h2-12H,13-14H2,1H3,(H,26,29)(H,27,28). The Kier molecular flexibility index (Phi) is 7.19. The number of anilines is 1. The highest BCUT2D eigenvalue weighted by Gasteiger charge is 2.14. The van der Waals surface area contributed by atoms with Crippen LogP contribution in [0.15, 0.2) is 71.2 Å². The van der Waals surface area contributed by atoms with Gasteiger partial charge in [-0.15, -0.1) is 0 Å². The Morgan fingerprint density at radius 2 is 1.77 bits per heavy atom. The molecule has 3 rings (SSSR count). The average Bonchev–Trinajstić information content (AvgIpc) is 2.74. The lowest BCUT2D eigenvalue weighted by molar-refractivity contribution is -0.115. The first kappa shape index (κ1) is 21.5. The molecular weight excluding hydrogens is 451 g/mol. The van der Waals surface area contributed by atoms with Gasteiger partial charge in [0.2, 0.25) is 5.91 Å². The van der Waals surface area contributed by atoms with Gasteiger partial charge in [0.1, 0.15) is 18.2 Å². The number of amides is 2. The van der Waals surface area contributed by atoms with E-state index >= 15 is 0 Å². The molecule has 0 saturated heterocycles. The van der Waals surface area contributed by atoms with Crippen molar-refractivity contribution in [2.75, 3.05) is 11.9 Å². The fourth-order valence-electron chi connectivity index (χ4n) is 2.74. The van der Waals surface area contributed by atoms with Gasteiger partial charge in [-0.05, 0) is 60.5 Å². The van der Waals surface area contributed by atoms with Gasteiger partial charge in [0.05, 0.1) is 12.1 Å². The number of rotatable bonds is 7. The Hall–Kier alpha value is -3.19. The highest BCUT2D eigenvalue weighted by atomic mass is 79.9. The Labute approximate surface area is 182 Å². The molecule has 5 nitrogen and oxygen atoms in total. The fraction of sp³-hybridized carbons (Fsp3) is 0.130. The third-order valence-electron chi connectivity index (χ3n) is 4.31. The first-order chi connectivity index (χ1) is 14.4. The zero-order valence-corrected chi connectivity index (χ0v) is 17.8. The zero-order chi connectivity index (χ0) is 21.5. The number of halogens is 2. The summed E-state index contributed by atoms with van der Waals surface area (Å²) in [6.07, 6.45) is 0. The van der Waals surface area contributed by atoms with E-state index in [1.165, 1.54) is 12.1 Å². The van der Waals surface area contributed by atoms with Gasteiger partial charge in [-0.25, -0.2) is 4.39 Å². The third-order valence-corrected chi connectivity index (χ3v) is 4.80. The quantitative estimate of drug-likeness (QED) is 0.518. The maximum Gasteiger partial charge on any atom is 0.255 e. The van der Waals surface area contributed by atoms with E-state index in [2.05, 4.69) is 26.6 Å². The van der Waals surface area contributed by atoms with Crippen LogP contribution < -0.4 is 15.4 Å². The van der Waals surface area contributed by atoms with E-state index in [9.17, 15) is 14.0 Å². The van der Waals surface area contributed by atoms with E-state index in [1.807, 2.05) is 19.1 Å². The summed E-state index contributed by atoms with van der Waals surface area (Å²) in [6, 6.07) is 18.2. The molecule has 3 aromatic rings. The molecule has 0 aliphatic rings. The molecular formula is C23H20BrFN2O3. The van der Waals surface area contributed by atoms with Crippen molar-refractivity contribution in [3.63, 3.8) is 0 Å². The summed E-state index contributed by atoms with van der Waals surface area (Å²) in [4.78, 5) is 24.8. The van der Waals surface area contributed by atoms with Crippen molar-refractivity contribution in [3.05, 3.63) is 93.7 Å². The first-order valence-electron chi connectivity index (χ1n) is 9.23. The van der Waals surface area contributed by atoms with Gasteiger partial charge in [-0.3, -0.25) is 9.59 Å². The van der Waals surface area contributed by atoms with Gasteiger partial charge >= 0.3 is 0 Å². The van der Waals surface area contributed by atoms with E-state index in [0.29, 0.717) is 17.0 Å². The average molecular weight is 471 g/mol. The van der Waals surface area contributed by atoms with Crippen LogP contribution in [0.25, 0.3) is 0 Å². The monoisotopic (exact) mass is 470 g/mol. The molecule has 3 aromatic carbocycles. The maximum absolute atomic E-state index is 13.0. The molecule has 2 N–H and O–H groups in total. The Morgan fingerprint density at radius 3 is 2.50 bits per heavy atom. The first-order valence-corrected chi connectivity index (χ1v) is 10.0. The minimum atomic E-state index is -0.424. The number of ether oxygens (including phenoxy) is 1. The van der Waals surface area contributed by atoms with Crippen LogP contribution in [0.3, 0.4) is 0 Å². The molecule has 0 saturated carbocycles. The van der Waals surface area contributed by atoms with Crippen LogP contribution in [0, 0.1) is 12.7 Å². The molecule has 154 valence electrons. The summed E-state index contributed by atoms with van der Waals surface area (Å²) in [5, 5.41) is 5.38. The van der Waals surface area contributed by atoms with Crippen molar-refractivity contribution in [2.24, 2.45) is 0 Å². The van der Waals surface area contributed by atoms with Crippen LogP contribution >= 0.6 is 15.9 Å². The Bertz CT molecular complexity index is 1050. The smallest absolute Gasteiger partial charge is 0.255 e. The summed E-state index contributed by atoms with van der Waals surface area (Å²) >= 11 is 3.38. The lowest BCUT2D eigenvalue weighted by Gasteiger charge is -2.12. The molecule has 0 aromatic heterocycles. The second-order valence-electron chi connectivity index (χ2n) is 6.60. The Balaban J connectivity index is 1.58. The van der Waals surface area contributed by atoms with E-state index in [4.69, 9.17) is 4.74 Å². The maximum atomic E-state index is 13.0. The number of carbonyl (C=O) groups excluding carboxylic acids is 2. The number of benzene rings is 3. The number of hydrogen-bond donors (Lipinski definition) is 2. The lowest BCUT2D eigenvalue weighted by atomic mass is 10.2. The van der Waals surface area contributed by atoms with Gasteiger partial charge in [-0.2, -0.15) is 0 Å². The molecule has 0 atom stereocenters. The number of para-hydroxylation sites is 1. The van der Waals surface area contributed by atoms with E-state index in [0.717, 1.165) is 15.6 Å². The van der Waals surface area contributed by atoms with Crippen molar-refractivity contribution in [2.45, 2.75) is 13.5 Å². The number of nitrogens with one attached hydrogen (secondary N) is 2. The fourth-order valence-corrected chi connectivity index (χ4v) is 3.21. The molecule has 0 radical (unpaired) electrons. The van der Waals surface area contributed by atoms with E-state index in [-0.39, 0.29) is 24.9 Å². The van der Waals surface area contributed by atoms with Crippen molar-refractivity contribution in [1.29, 1.82) is 0 Å². The molecule has 30 heavy (non-hydrogen) atoms. The number of carbonyl (C=O) groups is 2. The van der Waals surface area contributed by atoms with Gasteiger partial charge in [0, 0.05) is 10.2 Å². The molecule has 7 heteroatoms. The van der Waals surface area contributed by atoms with Crippen LogP contribution in [-0.4, -0.2) is 18.4 Å². The summed E-state index contributed by atoms with van der Waals surface area (Å²) in [7, 11) is 0. The summed E-state index contributed by atoms with van der Waals surface area (Å²) in [6.45, 7) is 1.89. The molecule has 0 fully saturated rings. The highest BCUT2D eigenvalue weighted by Crippen LogP contribution is 2.21. The number of aryl methyl sites for hydroxylation is 1. The highest BCUT2D eigenvalue weighted by molar-refractivity contribution is 9.10. The van der Waals surface area contributed by atoms with Crippen LogP contribution in [0.4, 0.5) is 10.1 Å². The largest absolute Gasteiger partial charge is 0.488 e. The molecule has 0 aliphatic heterocycles. The molecule has 0 heterocycles. The second kappa shape index (κ2) is 10.0. The topological polar surface area (TPSA) is 67.4 Å². The van der Waals surface area contributed by atoms with Crippen LogP contribution in [-0.2, 0) is 11.4 Å². The predicted molar refractivity (Wildman–Crippen MR) is 117 cm³/mol. The molecule has 0 unspecified atom stereocenters. The molecule has 0 spiro atoms. The van der Waals surface area contributed by atoms with Gasteiger partial charge in [0.25, 0.3) is 5.91 Å². The van der Waals surface area contributed by atoms with E-state index in [1.54, 1.807) is 42.5 Å². The molecule has 0 bridgehead atoms. The van der Waals surface area contributed by atoms with Crippen LogP contribution in [0.5, 0.6) is 5.75 Å². The summed E-state index contributed by atoms with van der Waals surface area (Å²) in [5.74, 6) is -0.704. The van der Waals surface area contributed by atoms with Crippen LogP contribution in [0.1, 0.15) is 21.5 Å².